The van der Waals surface area contributed by atoms with Gasteiger partial charge in [-0.05, 0) is 36.1 Å². The highest BCUT2D eigenvalue weighted by molar-refractivity contribution is 5.65. The molecule has 166 valence electrons. The van der Waals surface area contributed by atoms with E-state index in [4.69, 9.17) is 15.6 Å². The lowest BCUT2D eigenvalue weighted by atomic mass is 9.67. The molecule has 0 aromatic rings. The van der Waals surface area contributed by atoms with Crippen LogP contribution in [0.25, 0.3) is 0 Å². The Balaban J connectivity index is 1.98. The Kier molecular flexibility index (Phi) is 10.8. The lowest BCUT2D eigenvalue weighted by Crippen LogP contribution is -2.29. The van der Waals surface area contributed by atoms with Gasteiger partial charge in [-0.25, -0.2) is 4.79 Å². The Labute approximate surface area is 173 Å². The molecule has 0 aliphatic carbocycles. The average Bonchev–Trinajstić information content (AvgIpc) is 3.02. The van der Waals surface area contributed by atoms with E-state index >= 15 is 0 Å². The van der Waals surface area contributed by atoms with Crippen LogP contribution in [0.3, 0.4) is 0 Å². The molecule has 1 aliphatic heterocycles. The number of hydrogen-bond donors (Lipinski definition) is 2. The van der Waals surface area contributed by atoms with E-state index in [-0.39, 0.29) is 11.8 Å². The predicted octanol–water partition coefficient (Wildman–Crippen LogP) is 5.38. The van der Waals surface area contributed by atoms with Crippen molar-refractivity contribution in [2.45, 2.75) is 86.0 Å². The highest BCUT2D eigenvalue weighted by Gasteiger charge is 2.34. The highest BCUT2D eigenvalue weighted by Crippen LogP contribution is 2.41. The molecule has 1 rings (SSSR count). The molecular weight excluding hydrogens is 352 g/mol. The minimum absolute atomic E-state index is 0.236. The van der Waals surface area contributed by atoms with Gasteiger partial charge in [-0.1, -0.05) is 73.1 Å². The zero-order valence-corrected chi connectivity index (χ0v) is 19.1. The molecule has 1 fully saturated rings. The minimum atomic E-state index is -0.845. The zero-order valence-electron chi connectivity index (χ0n) is 19.1. The van der Waals surface area contributed by atoms with Gasteiger partial charge >= 0.3 is 6.09 Å². The third-order valence-corrected chi connectivity index (χ3v) is 7.10. The summed E-state index contributed by atoms with van der Waals surface area (Å²) >= 11 is 0. The first kappa shape index (κ1) is 25.2. The van der Waals surface area contributed by atoms with E-state index < -0.39 is 6.09 Å². The van der Waals surface area contributed by atoms with E-state index in [1.807, 2.05) is 0 Å². The van der Waals surface area contributed by atoms with E-state index in [0.29, 0.717) is 37.1 Å². The van der Waals surface area contributed by atoms with E-state index in [1.54, 1.807) is 0 Å². The van der Waals surface area contributed by atoms with Gasteiger partial charge in [-0.15, -0.1) is 0 Å². The van der Waals surface area contributed by atoms with Crippen LogP contribution in [0.2, 0.25) is 0 Å². The molecule has 0 saturated carbocycles. The molecule has 5 nitrogen and oxygen atoms in total. The van der Waals surface area contributed by atoms with Crippen LogP contribution in [-0.4, -0.2) is 48.9 Å². The maximum absolute atomic E-state index is 11.1. The summed E-state index contributed by atoms with van der Waals surface area (Å²) in [5.41, 5.74) is 6.56. The second kappa shape index (κ2) is 12.0. The van der Waals surface area contributed by atoms with Crippen LogP contribution in [-0.2, 0) is 4.74 Å². The second-order valence-corrected chi connectivity index (χ2v) is 10.4. The molecular formula is C23H46N2O3. The van der Waals surface area contributed by atoms with Gasteiger partial charge in [0.15, 0.2) is 0 Å². The van der Waals surface area contributed by atoms with Crippen LogP contribution >= 0.6 is 0 Å². The van der Waals surface area contributed by atoms with Gasteiger partial charge in [-0.3, -0.25) is 0 Å². The van der Waals surface area contributed by atoms with E-state index in [9.17, 15) is 4.79 Å². The molecule has 2 atom stereocenters. The van der Waals surface area contributed by atoms with Gasteiger partial charge in [0, 0.05) is 25.6 Å². The number of likely N-dealkylation sites (tertiary alicyclic amines) is 1. The number of carboxylic acid groups (broad SMARTS) is 1. The third-order valence-electron chi connectivity index (χ3n) is 7.10. The van der Waals surface area contributed by atoms with Crippen molar-refractivity contribution in [1.82, 2.24) is 4.90 Å². The number of nitrogens with zero attached hydrogens (tertiary/aromatic N) is 1. The zero-order chi connectivity index (χ0) is 21.2. The van der Waals surface area contributed by atoms with Gasteiger partial charge < -0.3 is 20.5 Å². The number of ether oxygens (including phenoxy) is 1. The van der Waals surface area contributed by atoms with Gasteiger partial charge in [0.05, 0.1) is 6.61 Å². The van der Waals surface area contributed by atoms with Gasteiger partial charge in [0.25, 0.3) is 0 Å². The van der Waals surface area contributed by atoms with Crippen LogP contribution < -0.4 is 5.73 Å². The normalized spacial score (nSPS) is 20.7. The Morgan fingerprint density at radius 3 is 2.04 bits per heavy atom. The fourth-order valence-corrected chi connectivity index (χ4v) is 3.82. The summed E-state index contributed by atoms with van der Waals surface area (Å²) in [5, 5.41) is 9.11. The van der Waals surface area contributed by atoms with Crippen LogP contribution in [0.1, 0.15) is 86.0 Å². The molecule has 0 bridgehead atoms. The molecule has 0 spiro atoms. The third kappa shape index (κ3) is 8.69. The number of nitrogens with two attached hydrogens (primary N) is 1. The van der Waals surface area contributed by atoms with Gasteiger partial charge in [0.1, 0.15) is 0 Å². The molecule has 3 N–H and O–H groups in total. The van der Waals surface area contributed by atoms with E-state index in [0.717, 1.165) is 13.0 Å². The first-order chi connectivity index (χ1) is 13.1. The van der Waals surface area contributed by atoms with Crippen LogP contribution in [0.4, 0.5) is 4.79 Å². The van der Waals surface area contributed by atoms with Crippen molar-refractivity contribution < 1.29 is 14.6 Å². The van der Waals surface area contributed by atoms with E-state index in [1.165, 1.54) is 49.8 Å². The average molecular weight is 399 g/mol. The standard InChI is InChI=1S/C23H46N2O3/c1-22(2,3)23(4,5)13-11-9-7-6-8-10-12-14-28-18-20-17-25(21(26)27)16-19(20)15-24/h19-20H,6-18,24H2,1-5H3,(H,26,27). The Morgan fingerprint density at radius 2 is 1.50 bits per heavy atom. The summed E-state index contributed by atoms with van der Waals surface area (Å²) in [6.07, 6.45) is 9.42. The van der Waals surface area contributed by atoms with Crippen molar-refractivity contribution >= 4 is 6.09 Å². The molecule has 5 heteroatoms. The summed E-state index contributed by atoms with van der Waals surface area (Å²) in [6.45, 7) is 14.9. The van der Waals surface area contributed by atoms with Crippen LogP contribution in [0.5, 0.6) is 0 Å². The molecule has 0 radical (unpaired) electrons. The molecule has 1 amide bonds. The van der Waals surface area contributed by atoms with Crippen molar-refractivity contribution in [3.05, 3.63) is 0 Å². The summed E-state index contributed by atoms with van der Waals surface area (Å²) in [5.74, 6) is 0.484. The maximum atomic E-state index is 11.1. The summed E-state index contributed by atoms with van der Waals surface area (Å²) in [6, 6.07) is 0. The summed E-state index contributed by atoms with van der Waals surface area (Å²) in [7, 11) is 0. The van der Waals surface area contributed by atoms with Crippen molar-refractivity contribution in [2.24, 2.45) is 28.4 Å². The van der Waals surface area contributed by atoms with Gasteiger partial charge in [0.2, 0.25) is 0 Å². The number of amides is 1. The lowest BCUT2D eigenvalue weighted by molar-refractivity contribution is 0.0865. The molecule has 1 heterocycles. The fraction of sp³-hybridized carbons (Fsp3) is 0.957. The maximum Gasteiger partial charge on any atom is 0.407 e. The number of unbranched alkanes of at least 4 members (excludes halogenated alkanes) is 6. The van der Waals surface area contributed by atoms with E-state index in [2.05, 4.69) is 34.6 Å². The SMILES string of the molecule is CC(C)(C)C(C)(C)CCCCCCCCCOCC1CN(C(=O)O)CC1CN. The Morgan fingerprint density at radius 1 is 0.964 bits per heavy atom. The topological polar surface area (TPSA) is 75.8 Å². The van der Waals surface area contributed by atoms with Gasteiger partial charge in [-0.2, -0.15) is 0 Å². The molecule has 1 aliphatic rings. The quantitative estimate of drug-likeness (QED) is 0.408. The lowest BCUT2D eigenvalue weighted by Gasteiger charge is -2.39. The number of rotatable bonds is 13. The highest BCUT2D eigenvalue weighted by atomic mass is 16.5. The van der Waals surface area contributed by atoms with Crippen molar-refractivity contribution in [3.8, 4) is 0 Å². The largest absolute Gasteiger partial charge is 0.465 e. The smallest absolute Gasteiger partial charge is 0.407 e. The number of hydrogen-bond acceptors (Lipinski definition) is 3. The van der Waals surface area contributed by atoms with Crippen LogP contribution in [0.15, 0.2) is 0 Å². The molecule has 0 aromatic heterocycles. The molecule has 28 heavy (non-hydrogen) atoms. The Hall–Kier alpha value is -0.810. The molecule has 0 aromatic carbocycles. The molecule has 2 unspecified atom stereocenters. The molecule has 1 saturated heterocycles. The Bertz CT molecular complexity index is 446. The van der Waals surface area contributed by atoms with Crippen molar-refractivity contribution in [3.63, 3.8) is 0 Å². The summed E-state index contributed by atoms with van der Waals surface area (Å²) in [4.78, 5) is 12.6. The second-order valence-electron chi connectivity index (χ2n) is 10.4. The van der Waals surface area contributed by atoms with Crippen molar-refractivity contribution in [2.75, 3.05) is 32.8 Å². The summed E-state index contributed by atoms with van der Waals surface area (Å²) < 4.78 is 5.82. The predicted molar refractivity (Wildman–Crippen MR) is 117 cm³/mol. The van der Waals surface area contributed by atoms with Crippen molar-refractivity contribution in [1.29, 1.82) is 0 Å². The first-order valence-corrected chi connectivity index (χ1v) is 11.3. The first-order valence-electron chi connectivity index (χ1n) is 11.3. The number of carbonyl (C=O) groups is 1. The fourth-order valence-electron chi connectivity index (χ4n) is 3.82. The van der Waals surface area contributed by atoms with Crippen LogP contribution in [0, 0.1) is 22.7 Å². The minimum Gasteiger partial charge on any atom is -0.465 e. The monoisotopic (exact) mass is 398 g/mol.